The van der Waals surface area contributed by atoms with Crippen LogP contribution in [-0.4, -0.2) is 29.4 Å². The van der Waals surface area contributed by atoms with Gasteiger partial charge in [0.05, 0.1) is 18.6 Å². The zero-order valence-electron chi connectivity index (χ0n) is 14.1. The number of aromatic hydroxyl groups is 1. The van der Waals surface area contributed by atoms with Crippen molar-refractivity contribution in [3.8, 4) is 17.2 Å². The van der Waals surface area contributed by atoms with E-state index in [4.69, 9.17) is 19.0 Å². The highest BCUT2D eigenvalue weighted by atomic mass is 16.5. The normalized spacial score (nSPS) is 10.8. The summed E-state index contributed by atoms with van der Waals surface area (Å²) in [5.41, 5.74) is -0.617. The predicted octanol–water partition coefficient (Wildman–Crippen LogP) is 3.31. The van der Waals surface area contributed by atoms with Crippen LogP contribution in [0.3, 0.4) is 0 Å². The number of benzene rings is 1. The van der Waals surface area contributed by atoms with E-state index >= 15 is 0 Å². The van der Waals surface area contributed by atoms with E-state index in [-0.39, 0.29) is 30.1 Å². The number of para-hydroxylation sites is 1. The number of rotatable bonds is 10. The van der Waals surface area contributed by atoms with Gasteiger partial charge in [0.15, 0.2) is 17.1 Å². The van der Waals surface area contributed by atoms with Gasteiger partial charge in [-0.05, 0) is 31.4 Å². The third kappa shape index (κ3) is 4.89. The summed E-state index contributed by atoms with van der Waals surface area (Å²) in [6.07, 6.45) is 2.78. The van der Waals surface area contributed by atoms with Crippen molar-refractivity contribution in [2.24, 2.45) is 0 Å². The lowest BCUT2D eigenvalue weighted by Crippen LogP contribution is -2.09. The summed E-state index contributed by atoms with van der Waals surface area (Å²) in [6.45, 7) is 2.60. The number of unbranched alkanes of at least 4 members (excludes halogenated alkanes) is 2. The molecule has 0 bridgehead atoms. The third-order valence-corrected chi connectivity index (χ3v) is 3.62. The minimum atomic E-state index is -0.850. The Bertz CT molecular complexity index is 779. The number of fused-ring (bicyclic) bond motifs is 1. The highest BCUT2D eigenvalue weighted by Gasteiger charge is 2.18. The molecule has 0 atom stereocenters. The van der Waals surface area contributed by atoms with E-state index < -0.39 is 11.6 Å². The summed E-state index contributed by atoms with van der Waals surface area (Å²) in [6, 6.07) is 4.90. The van der Waals surface area contributed by atoms with Crippen molar-refractivity contribution in [1.29, 1.82) is 0 Å². The van der Waals surface area contributed by atoms with Crippen LogP contribution in [0.15, 0.2) is 27.4 Å². The molecule has 2 N–H and O–H groups in total. The number of carboxylic acid groups (broad SMARTS) is 1. The van der Waals surface area contributed by atoms with Crippen LogP contribution < -0.4 is 15.1 Å². The largest absolute Gasteiger partial charge is 0.504 e. The fourth-order valence-corrected chi connectivity index (χ4v) is 2.29. The number of carbonyl (C=O) groups is 1. The summed E-state index contributed by atoms with van der Waals surface area (Å²) >= 11 is 0. The maximum atomic E-state index is 12.1. The van der Waals surface area contributed by atoms with Crippen molar-refractivity contribution in [3.63, 3.8) is 0 Å². The molecule has 136 valence electrons. The average Bonchev–Trinajstić information content (AvgIpc) is 2.58. The second-order valence-electron chi connectivity index (χ2n) is 5.60. The van der Waals surface area contributed by atoms with Crippen LogP contribution in [0.2, 0.25) is 0 Å². The molecule has 0 aliphatic heterocycles. The van der Waals surface area contributed by atoms with E-state index in [9.17, 15) is 14.7 Å². The molecule has 7 heteroatoms. The Hall–Kier alpha value is -2.70. The molecule has 1 aromatic carbocycles. The molecule has 0 amide bonds. The molecule has 2 rings (SSSR count). The van der Waals surface area contributed by atoms with E-state index in [0.717, 1.165) is 12.8 Å². The van der Waals surface area contributed by atoms with Crippen molar-refractivity contribution in [2.45, 2.75) is 39.0 Å². The van der Waals surface area contributed by atoms with Gasteiger partial charge in [0.25, 0.3) is 0 Å². The Morgan fingerprint density at radius 2 is 1.92 bits per heavy atom. The van der Waals surface area contributed by atoms with Gasteiger partial charge in [-0.2, -0.15) is 0 Å². The van der Waals surface area contributed by atoms with Crippen molar-refractivity contribution in [3.05, 3.63) is 28.6 Å². The Morgan fingerprint density at radius 1 is 1.16 bits per heavy atom. The number of ether oxygens (including phenoxy) is 2. The highest BCUT2D eigenvalue weighted by Crippen LogP contribution is 2.35. The van der Waals surface area contributed by atoms with Crippen LogP contribution >= 0.6 is 0 Å². The van der Waals surface area contributed by atoms with Gasteiger partial charge >= 0.3 is 11.6 Å². The molecule has 0 unspecified atom stereocenters. The maximum absolute atomic E-state index is 12.1. The van der Waals surface area contributed by atoms with Gasteiger partial charge in [0.1, 0.15) is 0 Å². The molecule has 7 nitrogen and oxygen atoms in total. The molecule has 0 spiro atoms. The van der Waals surface area contributed by atoms with Crippen LogP contribution in [0, 0.1) is 0 Å². The average molecular weight is 350 g/mol. The van der Waals surface area contributed by atoms with Crippen molar-refractivity contribution < 1.29 is 28.9 Å². The van der Waals surface area contributed by atoms with Crippen LogP contribution in [-0.2, 0) is 4.79 Å². The predicted molar refractivity (Wildman–Crippen MR) is 91.5 cm³/mol. The van der Waals surface area contributed by atoms with Crippen molar-refractivity contribution >= 4 is 16.9 Å². The van der Waals surface area contributed by atoms with Crippen LogP contribution in [0.4, 0.5) is 0 Å². The molecule has 0 aliphatic carbocycles. The fourth-order valence-electron chi connectivity index (χ4n) is 2.29. The zero-order chi connectivity index (χ0) is 18.2. The number of aliphatic carboxylic acids is 1. The van der Waals surface area contributed by atoms with Crippen molar-refractivity contribution in [1.82, 2.24) is 0 Å². The zero-order valence-corrected chi connectivity index (χ0v) is 14.1. The second kappa shape index (κ2) is 8.96. The molecule has 0 saturated carbocycles. The number of hydrogen-bond acceptors (Lipinski definition) is 6. The molecule has 0 aliphatic rings. The molecule has 0 saturated heterocycles. The molecule has 1 heterocycles. The first-order chi connectivity index (χ1) is 12.0. The molecule has 0 fully saturated rings. The lowest BCUT2D eigenvalue weighted by atomic mass is 10.2. The van der Waals surface area contributed by atoms with E-state index in [1.165, 1.54) is 0 Å². The lowest BCUT2D eigenvalue weighted by molar-refractivity contribution is -0.137. The van der Waals surface area contributed by atoms with Gasteiger partial charge in [-0.1, -0.05) is 19.4 Å². The molecule has 0 radical (unpaired) electrons. The summed E-state index contributed by atoms with van der Waals surface area (Å²) in [5, 5.41) is 19.3. The Balaban J connectivity index is 2.17. The van der Waals surface area contributed by atoms with Crippen LogP contribution in [0.5, 0.6) is 17.2 Å². The fraction of sp³-hybridized carbons (Fsp3) is 0.444. The first-order valence-electron chi connectivity index (χ1n) is 8.30. The van der Waals surface area contributed by atoms with Crippen LogP contribution in [0.25, 0.3) is 11.0 Å². The van der Waals surface area contributed by atoms with Crippen LogP contribution in [0.1, 0.15) is 39.0 Å². The van der Waals surface area contributed by atoms with E-state index in [0.29, 0.717) is 30.6 Å². The summed E-state index contributed by atoms with van der Waals surface area (Å²) in [5.74, 6) is -0.991. The third-order valence-electron chi connectivity index (χ3n) is 3.62. The van der Waals surface area contributed by atoms with Crippen molar-refractivity contribution in [2.75, 3.05) is 13.2 Å². The standard InChI is InChI=1S/C18H22O7/c1-2-3-10-24-17-15(21)12-7-6-8-13(16(12)25-18(17)22)23-11-5-4-9-14(19)20/h6-8,21H,2-5,9-11H2,1H3,(H,19,20). The van der Waals surface area contributed by atoms with Gasteiger partial charge in [-0.15, -0.1) is 0 Å². The quantitative estimate of drug-likeness (QED) is 0.500. The van der Waals surface area contributed by atoms with Gasteiger partial charge in [0, 0.05) is 6.42 Å². The second-order valence-corrected chi connectivity index (χ2v) is 5.60. The SMILES string of the molecule is CCCCOc1c(O)c2cccc(OCCCCC(=O)O)c2oc1=O. The smallest absolute Gasteiger partial charge is 0.383 e. The molecule has 1 aromatic heterocycles. The Morgan fingerprint density at radius 3 is 2.64 bits per heavy atom. The number of hydrogen-bond donors (Lipinski definition) is 2. The minimum Gasteiger partial charge on any atom is -0.504 e. The summed E-state index contributed by atoms with van der Waals surface area (Å²) in [7, 11) is 0. The number of carboxylic acids is 1. The maximum Gasteiger partial charge on any atom is 0.383 e. The van der Waals surface area contributed by atoms with E-state index in [1.807, 2.05) is 6.92 Å². The molecule has 25 heavy (non-hydrogen) atoms. The molecular formula is C18H22O7. The Kier molecular flexibility index (Phi) is 6.68. The van der Waals surface area contributed by atoms with Gasteiger partial charge in [0.2, 0.25) is 5.75 Å². The van der Waals surface area contributed by atoms with Gasteiger partial charge < -0.3 is 24.1 Å². The monoisotopic (exact) mass is 350 g/mol. The van der Waals surface area contributed by atoms with Gasteiger partial charge in [-0.25, -0.2) is 4.79 Å². The van der Waals surface area contributed by atoms with E-state index in [2.05, 4.69) is 0 Å². The van der Waals surface area contributed by atoms with E-state index in [1.54, 1.807) is 18.2 Å². The minimum absolute atomic E-state index is 0.0766. The molecular weight excluding hydrogens is 328 g/mol. The topological polar surface area (TPSA) is 106 Å². The summed E-state index contributed by atoms with van der Waals surface area (Å²) in [4.78, 5) is 22.6. The first kappa shape index (κ1) is 18.6. The first-order valence-corrected chi connectivity index (χ1v) is 8.30. The highest BCUT2D eigenvalue weighted by molar-refractivity contribution is 5.89. The lowest BCUT2D eigenvalue weighted by Gasteiger charge is -2.11. The summed E-state index contributed by atoms with van der Waals surface area (Å²) < 4.78 is 16.2. The Labute approximate surface area is 144 Å². The van der Waals surface area contributed by atoms with Gasteiger partial charge in [-0.3, -0.25) is 4.79 Å². The molecule has 2 aromatic rings.